The molecule has 1 N–H and O–H groups in total. The first kappa shape index (κ1) is 10.0. The maximum absolute atomic E-state index is 8.93. The minimum absolute atomic E-state index is 0.633. The number of aryl methyl sites for hydroxylation is 1. The summed E-state index contributed by atoms with van der Waals surface area (Å²) in [5, 5.41) is 21.0. The first-order valence-electron chi connectivity index (χ1n) is 5.61. The third kappa shape index (κ3) is 1.69. The molecule has 5 nitrogen and oxygen atoms in total. The first-order valence-corrected chi connectivity index (χ1v) is 5.61. The molecule has 0 unspecified atom stereocenters. The molecule has 1 aromatic carbocycles. The zero-order chi connectivity index (χ0) is 11.7. The Hall–Kier alpha value is -2.17. The van der Waals surface area contributed by atoms with E-state index in [0.717, 1.165) is 36.3 Å². The van der Waals surface area contributed by atoms with Crippen LogP contribution in [0.15, 0.2) is 35.5 Å². The summed E-state index contributed by atoms with van der Waals surface area (Å²) >= 11 is 0. The van der Waals surface area contributed by atoms with Crippen molar-refractivity contribution in [3.05, 3.63) is 41.7 Å². The van der Waals surface area contributed by atoms with Crippen molar-refractivity contribution >= 4 is 5.71 Å². The van der Waals surface area contributed by atoms with E-state index < -0.39 is 0 Å². The predicted octanol–water partition coefficient (Wildman–Crippen LogP) is 1.78. The van der Waals surface area contributed by atoms with E-state index in [1.807, 2.05) is 30.3 Å². The van der Waals surface area contributed by atoms with Crippen LogP contribution in [-0.2, 0) is 6.42 Å². The van der Waals surface area contributed by atoms with E-state index >= 15 is 0 Å². The van der Waals surface area contributed by atoms with Crippen LogP contribution in [0.2, 0.25) is 0 Å². The lowest BCUT2D eigenvalue weighted by molar-refractivity contribution is 0.317. The number of hydrogen-bond acceptors (Lipinski definition) is 4. The molecule has 0 atom stereocenters. The van der Waals surface area contributed by atoms with Gasteiger partial charge in [-0.05, 0) is 31.4 Å². The van der Waals surface area contributed by atoms with Gasteiger partial charge >= 0.3 is 0 Å². The largest absolute Gasteiger partial charge is 0.411 e. The van der Waals surface area contributed by atoms with Gasteiger partial charge in [-0.2, -0.15) is 9.90 Å². The van der Waals surface area contributed by atoms with Crippen LogP contribution >= 0.6 is 0 Å². The molecular formula is C12H12N4O. The Balaban J connectivity index is 2.08. The molecule has 1 aromatic heterocycles. The summed E-state index contributed by atoms with van der Waals surface area (Å²) in [5.74, 6) is 0. The van der Waals surface area contributed by atoms with Gasteiger partial charge in [-0.1, -0.05) is 23.4 Å². The molecule has 0 saturated carbocycles. The van der Waals surface area contributed by atoms with Gasteiger partial charge in [0.05, 0.1) is 11.4 Å². The second-order valence-corrected chi connectivity index (χ2v) is 4.02. The van der Waals surface area contributed by atoms with E-state index in [4.69, 9.17) is 5.21 Å². The van der Waals surface area contributed by atoms with Gasteiger partial charge in [-0.15, -0.1) is 5.10 Å². The van der Waals surface area contributed by atoms with E-state index in [1.54, 1.807) is 4.80 Å². The average molecular weight is 228 g/mol. The zero-order valence-corrected chi connectivity index (χ0v) is 9.24. The fourth-order valence-corrected chi connectivity index (χ4v) is 2.05. The summed E-state index contributed by atoms with van der Waals surface area (Å²) in [6, 6.07) is 9.73. The molecule has 1 aliphatic rings. The van der Waals surface area contributed by atoms with E-state index in [0.29, 0.717) is 5.71 Å². The number of fused-ring (bicyclic) bond motifs is 1. The van der Waals surface area contributed by atoms with Gasteiger partial charge in [0.2, 0.25) is 0 Å². The molecular weight excluding hydrogens is 216 g/mol. The van der Waals surface area contributed by atoms with E-state index in [-0.39, 0.29) is 0 Å². The molecule has 0 radical (unpaired) electrons. The number of nitrogens with zero attached hydrogens (tertiary/aromatic N) is 4. The minimum atomic E-state index is 0.633. The van der Waals surface area contributed by atoms with Crippen LogP contribution in [0.5, 0.6) is 0 Å². The summed E-state index contributed by atoms with van der Waals surface area (Å²) in [5.41, 5.74) is 3.18. The average Bonchev–Trinajstić information content (AvgIpc) is 2.83. The molecule has 2 aromatic rings. The third-order valence-corrected chi connectivity index (χ3v) is 2.89. The van der Waals surface area contributed by atoms with Crippen LogP contribution in [0.25, 0.3) is 5.69 Å². The van der Waals surface area contributed by atoms with Crippen LogP contribution in [0.3, 0.4) is 0 Å². The quantitative estimate of drug-likeness (QED) is 0.597. The van der Waals surface area contributed by atoms with Gasteiger partial charge in [-0.3, -0.25) is 0 Å². The molecule has 1 heterocycles. The first-order chi connectivity index (χ1) is 8.38. The van der Waals surface area contributed by atoms with E-state index in [1.165, 1.54) is 0 Å². The molecule has 3 rings (SSSR count). The molecule has 17 heavy (non-hydrogen) atoms. The molecule has 0 bridgehead atoms. The standard InChI is InChI=1S/C12H12N4O/c17-15-11-8-4-7-10-12(11)14-16(13-10)9-5-2-1-3-6-9/h1-3,5-6,17H,4,7-8H2/b15-11+. The highest BCUT2D eigenvalue weighted by Crippen LogP contribution is 2.19. The van der Waals surface area contributed by atoms with Gasteiger partial charge < -0.3 is 5.21 Å². The summed E-state index contributed by atoms with van der Waals surface area (Å²) in [7, 11) is 0. The second-order valence-electron chi connectivity index (χ2n) is 4.02. The number of benzene rings is 1. The Morgan fingerprint density at radius 1 is 1.12 bits per heavy atom. The highest BCUT2D eigenvalue weighted by atomic mass is 16.4. The SMILES string of the molecule is O/N=C1\CCCc2nn(-c3ccccc3)nc21. The van der Waals surface area contributed by atoms with Crippen LogP contribution in [0, 0.1) is 0 Å². The summed E-state index contributed by atoms with van der Waals surface area (Å²) < 4.78 is 0. The third-order valence-electron chi connectivity index (χ3n) is 2.89. The molecule has 5 heteroatoms. The van der Waals surface area contributed by atoms with Gasteiger partial charge in [-0.25, -0.2) is 0 Å². The van der Waals surface area contributed by atoms with Crippen molar-refractivity contribution < 1.29 is 5.21 Å². The smallest absolute Gasteiger partial charge is 0.134 e. The maximum atomic E-state index is 8.93. The molecule has 0 amide bonds. The Morgan fingerprint density at radius 2 is 1.94 bits per heavy atom. The Bertz CT molecular complexity index is 559. The van der Waals surface area contributed by atoms with Crippen LogP contribution in [0.1, 0.15) is 24.2 Å². The molecule has 0 aliphatic heterocycles. The maximum Gasteiger partial charge on any atom is 0.134 e. The van der Waals surface area contributed by atoms with Crippen molar-refractivity contribution in [1.29, 1.82) is 0 Å². The number of rotatable bonds is 1. The van der Waals surface area contributed by atoms with Gasteiger partial charge in [0, 0.05) is 0 Å². The van der Waals surface area contributed by atoms with Crippen molar-refractivity contribution in [2.45, 2.75) is 19.3 Å². The zero-order valence-electron chi connectivity index (χ0n) is 9.24. The van der Waals surface area contributed by atoms with Crippen molar-refractivity contribution in [1.82, 2.24) is 15.0 Å². The molecule has 1 aliphatic carbocycles. The number of hydrogen-bond donors (Lipinski definition) is 1. The summed E-state index contributed by atoms with van der Waals surface area (Å²) in [6.45, 7) is 0. The lowest BCUT2D eigenvalue weighted by Gasteiger charge is -2.07. The summed E-state index contributed by atoms with van der Waals surface area (Å²) in [6.07, 6.45) is 2.61. The van der Waals surface area contributed by atoms with E-state index in [2.05, 4.69) is 15.4 Å². The fraction of sp³-hybridized carbons (Fsp3) is 0.250. The topological polar surface area (TPSA) is 63.3 Å². The number of aromatic nitrogens is 3. The van der Waals surface area contributed by atoms with Gasteiger partial charge in [0.1, 0.15) is 11.4 Å². The second kappa shape index (κ2) is 4.01. The van der Waals surface area contributed by atoms with Crippen molar-refractivity contribution in [2.75, 3.05) is 0 Å². The molecule has 0 saturated heterocycles. The highest BCUT2D eigenvalue weighted by molar-refractivity contribution is 6.00. The monoisotopic (exact) mass is 228 g/mol. The van der Waals surface area contributed by atoms with Crippen molar-refractivity contribution in [2.24, 2.45) is 5.16 Å². The highest BCUT2D eigenvalue weighted by Gasteiger charge is 2.22. The minimum Gasteiger partial charge on any atom is -0.411 e. The normalized spacial score (nSPS) is 17.1. The van der Waals surface area contributed by atoms with Crippen LogP contribution in [0.4, 0.5) is 0 Å². The number of para-hydroxylation sites is 1. The lowest BCUT2D eigenvalue weighted by atomic mass is 9.99. The Labute approximate surface area is 98.4 Å². The van der Waals surface area contributed by atoms with Crippen molar-refractivity contribution in [3.8, 4) is 5.69 Å². The van der Waals surface area contributed by atoms with Gasteiger partial charge in [0.25, 0.3) is 0 Å². The number of oxime groups is 1. The molecule has 86 valence electrons. The molecule has 0 fully saturated rings. The predicted molar refractivity (Wildman–Crippen MR) is 62.6 cm³/mol. The van der Waals surface area contributed by atoms with Crippen LogP contribution < -0.4 is 0 Å². The lowest BCUT2D eigenvalue weighted by Crippen LogP contribution is -2.11. The molecule has 0 spiro atoms. The fourth-order valence-electron chi connectivity index (χ4n) is 2.05. The van der Waals surface area contributed by atoms with E-state index in [9.17, 15) is 0 Å². The Kier molecular flexibility index (Phi) is 2.36. The van der Waals surface area contributed by atoms with Gasteiger partial charge in [0.15, 0.2) is 0 Å². The Morgan fingerprint density at radius 3 is 2.71 bits per heavy atom. The van der Waals surface area contributed by atoms with Crippen LogP contribution in [-0.4, -0.2) is 25.9 Å². The summed E-state index contributed by atoms with van der Waals surface area (Å²) in [4.78, 5) is 1.60. The van der Waals surface area contributed by atoms with Crippen molar-refractivity contribution in [3.63, 3.8) is 0 Å².